The summed E-state index contributed by atoms with van der Waals surface area (Å²) in [6, 6.07) is 0. The number of hydrogen-bond donors (Lipinski definition) is 1. The smallest absolute Gasteiger partial charge is 0.0688 e. The summed E-state index contributed by atoms with van der Waals surface area (Å²) >= 11 is 0. The van der Waals surface area contributed by atoms with E-state index in [-0.39, 0.29) is 5.60 Å². The van der Waals surface area contributed by atoms with Crippen LogP contribution in [-0.2, 0) is 0 Å². The van der Waals surface area contributed by atoms with Crippen LogP contribution in [0.2, 0.25) is 0 Å². The Balaban J connectivity index is 2.02. The van der Waals surface area contributed by atoms with Crippen molar-refractivity contribution in [1.29, 1.82) is 0 Å². The fourth-order valence-corrected chi connectivity index (χ4v) is 6.02. The molecule has 0 heterocycles. The van der Waals surface area contributed by atoms with Crippen molar-refractivity contribution < 1.29 is 5.11 Å². The maximum atomic E-state index is 10.9. The Morgan fingerprint density at radius 1 is 1.07 bits per heavy atom. The lowest BCUT2D eigenvalue weighted by Crippen LogP contribution is -2.63. The van der Waals surface area contributed by atoms with Crippen molar-refractivity contribution in [2.75, 3.05) is 0 Å². The molecule has 0 saturated heterocycles. The normalized spacial score (nSPS) is 62.4. The van der Waals surface area contributed by atoms with Crippen LogP contribution in [0.3, 0.4) is 0 Å². The summed E-state index contributed by atoms with van der Waals surface area (Å²) in [7, 11) is 0. The predicted octanol–water partition coefficient (Wildman–Crippen LogP) is 3.36. The van der Waals surface area contributed by atoms with Crippen molar-refractivity contribution in [1.82, 2.24) is 0 Å². The number of rotatable bonds is 1. The van der Waals surface area contributed by atoms with Crippen molar-refractivity contribution >= 4 is 0 Å². The molecule has 1 heteroatoms. The van der Waals surface area contributed by atoms with Crippen LogP contribution in [0, 0.1) is 22.7 Å². The zero-order valence-corrected chi connectivity index (χ0v) is 10.3. The van der Waals surface area contributed by atoms with E-state index in [4.69, 9.17) is 0 Å². The van der Waals surface area contributed by atoms with E-state index in [9.17, 15) is 5.11 Å². The Bertz CT molecular complexity index is 278. The minimum absolute atomic E-state index is 0.308. The molecule has 4 aliphatic rings. The Hall–Kier alpha value is -0.0400. The highest BCUT2D eigenvalue weighted by atomic mass is 16.3. The van der Waals surface area contributed by atoms with Crippen LogP contribution in [0.4, 0.5) is 0 Å². The van der Waals surface area contributed by atoms with E-state index in [1.54, 1.807) is 0 Å². The second-order valence-corrected chi connectivity index (χ2v) is 7.44. The molecule has 0 aromatic rings. The van der Waals surface area contributed by atoms with Gasteiger partial charge in [-0.15, -0.1) is 0 Å². The maximum Gasteiger partial charge on any atom is 0.0688 e. The monoisotopic (exact) mass is 208 g/mol. The molecule has 0 amide bonds. The van der Waals surface area contributed by atoms with E-state index in [1.807, 2.05) is 0 Å². The molecule has 4 saturated carbocycles. The summed E-state index contributed by atoms with van der Waals surface area (Å²) < 4.78 is 0. The van der Waals surface area contributed by atoms with Gasteiger partial charge in [-0.05, 0) is 54.8 Å². The van der Waals surface area contributed by atoms with Crippen LogP contribution in [0.1, 0.15) is 59.3 Å². The molecule has 4 fully saturated rings. The van der Waals surface area contributed by atoms with Gasteiger partial charge in [0.1, 0.15) is 0 Å². The molecule has 1 nitrogen and oxygen atoms in total. The van der Waals surface area contributed by atoms with Gasteiger partial charge in [0.05, 0.1) is 5.60 Å². The Morgan fingerprint density at radius 3 is 2.00 bits per heavy atom. The Kier molecular flexibility index (Phi) is 1.77. The fourth-order valence-electron chi connectivity index (χ4n) is 6.02. The van der Waals surface area contributed by atoms with Crippen molar-refractivity contribution in [3.8, 4) is 0 Å². The molecule has 86 valence electrons. The first kappa shape index (κ1) is 10.1. The molecule has 4 aliphatic carbocycles. The van der Waals surface area contributed by atoms with Gasteiger partial charge in [-0.3, -0.25) is 0 Å². The van der Waals surface area contributed by atoms with E-state index >= 15 is 0 Å². The van der Waals surface area contributed by atoms with E-state index in [0.29, 0.717) is 16.7 Å². The SMILES string of the molecule is CCC1C2CC3(C)CC(C)(C2)CC1(O)C3. The minimum Gasteiger partial charge on any atom is -0.390 e. The van der Waals surface area contributed by atoms with Gasteiger partial charge in [0, 0.05) is 0 Å². The van der Waals surface area contributed by atoms with Crippen molar-refractivity contribution in [2.45, 2.75) is 64.9 Å². The molecule has 0 aliphatic heterocycles. The third kappa shape index (κ3) is 1.25. The molecule has 0 spiro atoms. The molecular weight excluding hydrogens is 184 g/mol. The van der Waals surface area contributed by atoms with Gasteiger partial charge < -0.3 is 5.11 Å². The molecule has 0 aromatic carbocycles. The summed E-state index contributed by atoms with van der Waals surface area (Å²) in [6.45, 7) is 7.08. The molecule has 4 rings (SSSR count). The van der Waals surface area contributed by atoms with Gasteiger partial charge in [0.2, 0.25) is 0 Å². The lowest BCUT2D eigenvalue weighted by Gasteiger charge is -2.66. The number of aliphatic hydroxyl groups is 1. The highest BCUT2D eigenvalue weighted by Crippen LogP contribution is 2.68. The summed E-state index contributed by atoms with van der Waals surface area (Å²) in [5.41, 5.74) is 0.602. The fraction of sp³-hybridized carbons (Fsp3) is 1.00. The van der Waals surface area contributed by atoms with Crippen molar-refractivity contribution in [3.63, 3.8) is 0 Å². The standard InChI is InChI=1S/C14H24O/c1-4-11-10-5-12(2)7-13(3,6-10)9-14(11,15)8-12/h10-11,15H,4-9H2,1-3H3. The maximum absolute atomic E-state index is 10.9. The molecular formula is C14H24O. The average molecular weight is 208 g/mol. The molecule has 3 atom stereocenters. The minimum atomic E-state index is -0.308. The first-order valence-corrected chi connectivity index (χ1v) is 6.61. The quantitative estimate of drug-likeness (QED) is 0.700. The van der Waals surface area contributed by atoms with Crippen LogP contribution in [-0.4, -0.2) is 10.7 Å². The summed E-state index contributed by atoms with van der Waals surface area (Å²) in [4.78, 5) is 0. The van der Waals surface area contributed by atoms with Gasteiger partial charge in [-0.25, -0.2) is 0 Å². The Labute approximate surface area is 93.3 Å². The van der Waals surface area contributed by atoms with Gasteiger partial charge in [-0.2, -0.15) is 0 Å². The summed E-state index contributed by atoms with van der Waals surface area (Å²) in [5, 5.41) is 10.9. The molecule has 0 radical (unpaired) electrons. The Morgan fingerprint density at radius 2 is 1.60 bits per heavy atom. The zero-order chi connectivity index (χ0) is 10.9. The molecule has 15 heavy (non-hydrogen) atoms. The molecule has 1 N–H and O–H groups in total. The van der Waals surface area contributed by atoms with E-state index < -0.39 is 0 Å². The van der Waals surface area contributed by atoms with E-state index in [0.717, 1.165) is 18.8 Å². The lowest BCUT2D eigenvalue weighted by atomic mass is 9.40. The van der Waals surface area contributed by atoms with Crippen LogP contribution >= 0.6 is 0 Å². The molecule has 4 bridgehead atoms. The third-order valence-electron chi connectivity index (χ3n) is 5.53. The van der Waals surface area contributed by atoms with Gasteiger partial charge in [0.15, 0.2) is 0 Å². The van der Waals surface area contributed by atoms with Gasteiger partial charge in [0.25, 0.3) is 0 Å². The summed E-state index contributed by atoms with van der Waals surface area (Å²) in [6.07, 6.45) is 7.44. The van der Waals surface area contributed by atoms with E-state index in [1.165, 1.54) is 25.7 Å². The second kappa shape index (κ2) is 2.61. The molecule has 0 aromatic heterocycles. The van der Waals surface area contributed by atoms with E-state index in [2.05, 4.69) is 20.8 Å². The van der Waals surface area contributed by atoms with Crippen LogP contribution < -0.4 is 0 Å². The average Bonchev–Trinajstić information content (AvgIpc) is 1.95. The zero-order valence-electron chi connectivity index (χ0n) is 10.3. The van der Waals surface area contributed by atoms with Crippen LogP contribution in [0.5, 0.6) is 0 Å². The first-order valence-electron chi connectivity index (χ1n) is 6.61. The van der Waals surface area contributed by atoms with Gasteiger partial charge in [-0.1, -0.05) is 27.2 Å². The first-order chi connectivity index (χ1) is 6.88. The van der Waals surface area contributed by atoms with Crippen molar-refractivity contribution in [2.24, 2.45) is 22.7 Å². The third-order valence-corrected chi connectivity index (χ3v) is 5.53. The molecule has 3 unspecified atom stereocenters. The summed E-state index contributed by atoms with van der Waals surface area (Å²) in [5.74, 6) is 1.41. The highest BCUT2D eigenvalue weighted by Gasteiger charge is 2.63. The highest BCUT2D eigenvalue weighted by molar-refractivity contribution is 5.14. The lowest BCUT2D eigenvalue weighted by molar-refractivity contribution is -0.227. The van der Waals surface area contributed by atoms with Crippen LogP contribution in [0.25, 0.3) is 0 Å². The second-order valence-electron chi connectivity index (χ2n) is 7.44. The predicted molar refractivity (Wildman–Crippen MR) is 61.5 cm³/mol. The number of hydrogen-bond acceptors (Lipinski definition) is 1. The van der Waals surface area contributed by atoms with Crippen LogP contribution in [0.15, 0.2) is 0 Å². The topological polar surface area (TPSA) is 20.2 Å². The van der Waals surface area contributed by atoms with Gasteiger partial charge >= 0.3 is 0 Å². The largest absolute Gasteiger partial charge is 0.390 e. The van der Waals surface area contributed by atoms with Crippen molar-refractivity contribution in [3.05, 3.63) is 0 Å².